The molecule has 0 saturated carbocycles. The van der Waals surface area contributed by atoms with Crippen molar-refractivity contribution >= 4 is 34.9 Å². The van der Waals surface area contributed by atoms with Crippen molar-refractivity contribution < 1.29 is 37.4 Å². The average molecular weight is 471 g/mol. The lowest BCUT2D eigenvalue weighted by molar-refractivity contribution is -0.126. The zero-order valence-electron chi connectivity index (χ0n) is 19.7. The van der Waals surface area contributed by atoms with Crippen LogP contribution < -0.4 is 14.5 Å². The number of aliphatic hydroxyl groups is 2. The van der Waals surface area contributed by atoms with Crippen molar-refractivity contribution in [3.05, 3.63) is 46.1 Å². The van der Waals surface area contributed by atoms with E-state index >= 15 is 0 Å². The second-order valence-corrected chi connectivity index (χ2v) is 7.88. The summed E-state index contributed by atoms with van der Waals surface area (Å²) in [6.45, 7) is -1.30. The summed E-state index contributed by atoms with van der Waals surface area (Å²) in [4.78, 5) is 31.4. The number of likely N-dealkylation sites (N-methyl/N-ethyl adjacent to an activating group) is 1. The minimum Gasteiger partial charge on any atom is -0.493 e. The lowest BCUT2D eigenvalue weighted by Gasteiger charge is -2.30. The highest BCUT2D eigenvalue weighted by Gasteiger charge is 2.52. The number of ether oxygens (including phenoxy) is 1. The molecule has 0 spiro atoms. The molecule has 0 unspecified atom stereocenters. The molecule has 2 aromatic rings. The molecule has 2 amide bonds. The molecule has 0 bridgehead atoms. The van der Waals surface area contributed by atoms with Crippen LogP contribution in [0, 0.1) is 18.6 Å². The Kier molecular flexibility index (Phi) is 4.84. The number of aryl methyl sites for hydroxylation is 1. The van der Waals surface area contributed by atoms with Gasteiger partial charge in [-0.05, 0) is 25.8 Å². The van der Waals surface area contributed by atoms with Gasteiger partial charge in [-0.3, -0.25) is 14.5 Å². The first-order valence-electron chi connectivity index (χ1n) is 11.1. The van der Waals surface area contributed by atoms with Crippen LogP contribution in [0.15, 0.2) is 18.2 Å². The Bertz CT molecular complexity index is 1220. The SMILES string of the molecule is [2H]C([2H])([2H])N(C(=O)[C@@H]1[C@H](O)[C@H](O)C(=O)N1c1cc2c(c(C)n1)CCCO2)c1cc(Cl)c(F)cc1F. The fourth-order valence-electron chi connectivity index (χ4n) is 3.84. The number of anilines is 2. The zero-order valence-corrected chi connectivity index (χ0v) is 17.4. The maximum Gasteiger partial charge on any atom is 0.260 e. The van der Waals surface area contributed by atoms with Crippen molar-refractivity contribution in [1.82, 2.24) is 4.98 Å². The lowest BCUT2D eigenvalue weighted by Crippen LogP contribution is -2.50. The highest BCUT2D eigenvalue weighted by molar-refractivity contribution is 6.31. The van der Waals surface area contributed by atoms with E-state index in [2.05, 4.69) is 4.98 Å². The van der Waals surface area contributed by atoms with E-state index in [-0.39, 0.29) is 10.7 Å². The minimum absolute atomic E-state index is 0.0123. The molecule has 4 rings (SSSR count). The highest BCUT2D eigenvalue weighted by Crippen LogP contribution is 2.35. The standard InChI is InChI=1S/C21H20ClF2N3O5/c1-9-10-4-3-5-32-15(10)8-16(25-9)27-17(18(28)19(29)21(27)31)20(30)26(2)14-6-11(22)12(23)7-13(14)24/h6-8,17-19,28-29H,3-5H2,1-2H3/t17-,18-,19-/m0/s1/i2D3. The predicted octanol–water partition coefficient (Wildman–Crippen LogP) is 1.75. The summed E-state index contributed by atoms with van der Waals surface area (Å²) in [5, 5.41) is 20.2. The number of pyridine rings is 1. The Morgan fingerprint density at radius 3 is 2.81 bits per heavy atom. The van der Waals surface area contributed by atoms with Crippen molar-refractivity contribution in [3.8, 4) is 5.75 Å². The fourth-order valence-corrected chi connectivity index (χ4v) is 4.00. The molecule has 11 heteroatoms. The van der Waals surface area contributed by atoms with Crippen molar-refractivity contribution in [2.75, 3.05) is 23.4 Å². The summed E-state index contributed by atoms with van der Waals surface area (Å²) in [6.07, 6.45) is -2.77. The first-order chi connectivity index (χ1) is 16.3. The molecular formula is C21H20ClF2N3O5. The number of fused-ring (bicyclic) bond motifs is 1. The third-order valence-electron chi connectivity index (χ3n) is 5.47. The van der Waals surface area contributed by atoms with Crippen LogP contribution in [0.2, 0.25) is 5.02 Å². The van der Waals surface area contributed by atoms with E-state index < -0.39 is 59.4 Å². The molecule has 2 N–H and O–H groups in total. The number of halogens is 3. The van der Waals surface area contributed by atoms with Gasteiger partial charge in [0.15, 0.2) is 6.10 Å². The number of nitrogens with zero attached hydrogens (tertiary/aromatic N) is 3. The third kappa shape index (κ3) is 3.58. The van der Waals surface area contributed by atoms with Gasteiger partial charge in [0, 0.05) is 34.5 Å². The molecule has 170 valence electrons. The van der Waals surface area contributed by atoms with Crippen LogP contribution >= 0.6 is 11.6 Å². The van der Waals surface area contributed by atoms with Gasteiger partial charge in [-0.1, -0.05) is 11.6 Å². The van der Waals surface area contributed by atoms with Gasteiger partial charge in [0.1, 0.15) is 35.3 Å². The molecule has 3 atom stereocenters. The number of aromatic nitrogens is 1. The Hall–Kier alpha value is -2.82. The molecule has 1 aromatic carbocycles. The molecule has 8 nitrogen and oxygen atoms in total. The van der Waals surface area contributed by atoms with Gasteiger partial charge in [0.2, 0.25) is 0 Å². The van der Waals surface area contributed by atoms with Gasteiger partial charge >= 0.3 is 0 Å². The minimum atomic E-state index is -3.34. The molecule has 0 aliphatic carbocycles. The van der Waals surface area contributed by atoms with Crippen molar-refractivity contribution in [3.63, 3.8) is 0 Å². The molecule has 1 saturated heterocycles. The van der Waals surface area contributed by atoms with Crippen LogP contribution in [0.1, 0.15) is 21.8 Å². The van der Waals surface area contributed by atoms with Crippen LogP contribution in [0.3, 0.4) is 0 Å². The zero-order chi connectivity index (χ0) is 25.8. The molecule has 2 aliphatic rings. The van der Waals surface area contributed by atoms with E-state index in [0.29, 0.717) is 41.5 Å². The number of hydrogen-bond donors (Lipinski definition) is 2. The number of rotatable bonds is 3. The van der Waals surface area contributed by atoms with Gasteiger partial charge in [0.25, 0.3) is 11.8 Å². The fraction of sp³-hybridized carbons (Fsp3) is 0.381. The number of aliphatic hydroxyl groups excluding tert-OH is 2. The van der Waals surface area contributed by atoms with Gasteiger partial charge in [-0.2, -0.15) is 0 Å². The van der Waals surface area contributed by atoms with Crippen molar-refractivity contribution in [2.45, 2.75) is 38.0 Å². The third-order valence-corrected chi connectivity index (χ3v) is 5.76. The first kappa shape index (κ1) is 18.7. The second kappa shape index (κ2) is 8.27. The quantitative estimate of drug-likeness (QED) is 0.662. The van der Waals surface area contributed by atoms with Crippen LogP contribution in [-0.4, -0.2) is 58.8 Å². The largest absolute Gasteiger partial charge is 0.493 e. The molecule has 32 heavy (non-hydrogen) atoms. The van der Waals surface area contributed by atoms with Crippen LogP contribution in [0.5, 0.6) is 5.75 Å². The molecule has 1 fully saturated rings. The van der Waals surface area contributed by atoms with E-state index in [9.17, 15) is 28.6 Å². The average Bonchev–Trinajstić information content (AvgIpc) is 3.00. The van der Waals surface area contributed by atoms with Crippen LogP contribution in [0.4, 0.5) is 20.3 Å². The summed E-state index contributed by atoms with van der Waals surface area (Å²) in [5.41, 5.74) is 0.346. The summed E-state index contributed by atoms with van der Waals surface area (Å²) in [5.74, 6) is -4.99. The second-order valence-electron chi connectivity index (χ2n) is 7.47. The van der Waals surface area contributed by atoms with E-state index in [1.165, 1.54) is 6.07 Å². The normalized spacial score (nSPS) is 24.3. The molecule has 0 radical (unpaired) electrons. The molecule has 2 aliphatic heterocycles. The topological polar surface area (TPSA) is 103 Å². The van der Waals surface area contributed by atoms with Crippen molar-refractivity contribution in [1.29, 1.82) is 0 Å². The smallest absolute Gasteiger partial charge is 0.260 e. The summed E-state index contributed by atoms with van der Waals surface area (Å²) >= 11 is 5.69. The first-order valence-corrected chi connectivity index (χ1v) is 10.0. The molecular weight excluding hydrogens is 448 g/mol. The number of benzene rings is 1. The van der Waals surface area contributed by atoms with Gasteiger partial charge in [0.05, 0.1) is 17.3 Å². The monoisotopic (exact) mass is 470 g/mol. The maximum atomic E-state index is 14.6. The van der Waals surface area contributed by atoms with E-state index in [0.717, 1.165) is 12.0 Å². The maximum absolute atomic E-state index is 14.6. The summed E-state index contributed by atoms with van der Waals surface area (Å²) < 4.78 is 57.3. The summed E-state index contributed by atoms with van der Waals surface area (Å²) in [6, 6.07) is 0.252. The van der Waals surface area contributed by atoms with E-state index in [4.69, 9.17) is 20.5 Å². The lowest BCUT2D eigenvalue weighted by atomic mass is 10.0. The summed E-state index contributed by atoms with van der Waals surface area (Å²) in [7, 11) is 0. The van der Waals surface area contributed by atoms with Gasteiger partial charge in [-0.25, -0.2) is 13.8 Å². The Labute approximate surface area is 191 Å². The Morgan fingerprint density at radius 2 is 2.09 bits per heavy atom. The number of hydrogen-bond acceptors (Lipinski definition) is 6. The number of amides is 2. The van der Waals surface area contributed by atoms with E-state index in [1.54, 1.807) is 6.92 Å². The molecule has 3 heterocycles. The number of carbonyl (C=O) groups is 2. The number of carbonyl (C=O) groups excluding carboxylic acids is 2. The van der Waals surface area contributed by atoms with Gasteiger partial charge in [-0.15, -0.1) is 0 Å². The van der Waals surface area contributed by atoms with E-state index in [1.807, 2.05) is 0 Å². The Balaban J connectivity index is 1.84. The Morgan fingerprint density at radius 1 is 1.34 bits per heavy atom. The molecule has 1 aromatic heterocycles. The van der Waals surface area contributed by atoms with Crippen LogP contribution in [0.25, 0.3) is 0 Å². The van der Waals surface area contributed by atoms with Gasteiger partial charge < -0.3 is 19.8 Å². The predicted molar refractivity (Wildman–Crippen MR) is 111 cm³/mol. The highest BCUT2D eigenvalue weighted by atomic mass is 35.5. The van der Waals surface area contributed by atoms with Crippen LogP contribution in [-0.2, 0) is 16.0 Å². The van der Waals surface area contributed by atoms with Crippen molar-refractivity contribution in [2.24, 2.45) is 0 Å².